The van der Waals surface area contributed by atoms with E-state index >= 15 is 0 Å². The molecule has 0 atom stereocenters. The lowest BCUT2D eigenvalue weighted by atomic mass is 10.1. The van der Waals surface area contributed by atoms with E-state index in [2.05, 4.69) is 10.1 Å². The fourth-order valence-corrected chi connectivity index (χ4v) is 2.58. The summed E-state index contributed by atoms with van der Waals surface area (Å²) in [5, 5.41) is 3.95. The molecule has 0 bridgehead atoms. The van der Waals surface area contributed by atoms with Crippen molar-refractivity contribution in [3.63, 3.8) is 0 Å². The van der Waals surface area contributed by atoms with Gasteiger partial charge in [0.05, 0.1) is 11.4 Å². The molecule has 138 valence electrons. The van der Waals surface area contributed by atoms with Gasteiger partial charge in [-0.05, 0) is 63.1 Å². The molecule has 5 heteroatoms. The minimum Gasteiger partial charge on any atom is -0.490 e. The summed E-state index contributed by atoms with van der Waals surface area (Å²) < 4.78 is 11.7. The van der Waals surface area contributed by atoms with Crippen LogP contribution in [0.15, 0.2) is 47.8 Å². The van der Waals surface area contributed by atoms with Gasteiger partial charge < -0.3 is 14.3 Å². The van der Waals surface area contributed by atoms with Crippen LogP contribution >= 0.6 is 0 Å². The van der Waals surface area contributed by atoms with Crippen LogP contribution in [0.1, 0.15) is 36.2 Å². The lowest BCUT2D eigenvalue weighted by Crippen LogP contribution is -2.04. The Morgan fingerprint density at radius 2 is 1.88 bits per heavy atom. The zero-order valence-electron chi connectivity index (χ0n) is 16.1. The number of rotatable bonds is 8. The van der Waals surface area contributed by atoms with E-state index in [0.717, 1.165) is 39.6 Å². The molecule has 1 aromatic carbocycles. The molecule has 0 radical (unpaired) electrons. The number of aryl methyl sites for hydroxylation is 2. The molecule has 0 aliphatic carbocycles. The number of ether oxygens (including phenoxy) is 2. The second-order valence-electron chi connectivity index (χ2n) is 5.95. The third kappa shape index (κ3) is 5.34. The minimum atomic E-state index is 0.383. The highest BCUT2D eigenvalue weighted by atomic mass is 16.6. The van der Waals surface area contributed by atoms with E-state index in [4.69, 9.17) is 14.3 Å². The monoisotopic (exact) mass is 354 g/mol. The van der Waals surface area contributed by atoms with Crippen molar-refractivity contribution in [3.8, 4) is 11.5 Å². The first-order chi connectivity index (χ1) is 12.5. The summed E-state index contributed by atoms with van der Waals surface area (Å²) in [6.07, 6.45) is 5.70. The molecule has 0 aliphatic heterocycles. The van der Waals surface area contributed by atoms with Crippen LogP contribution in [0.25, 0.3) is 0 Å². The van der Waals surface area contributed by atoms with Gasteiger partial charge in [0.2, 0.25) is 0 Å². The summed E-state index contributed by atoms with van der Waals surface area (Å²) in [7, 11) is 1.53. The Bertz CT molecular complexity index is 775. The van der Waals surface area contributed by atoms with Gasteiger partial charge in [-0.25, -0.2) is 0 Å². The molecule has 0 N–H and O–H groups in total. The van der Waals surface area contributed by atoms with Crippen LogP contribution in [0.3, 0.4) is 0 Å². The molecule has 2 aromatic rings. The Hall–Kier alpha value is -2.82. The van der Waals surface area contributed by atoms with Gasteiger partial charge >= 0.3 is 0 Å². The number of hydrogen-bond donors (Lipinski definition) is 0. The van der Waals surface area contributed by atoms with Gasteiger partial charge in [0, 0.05) is 11.8 Å². The summed E-state index contributed by atoms with van der Waals surface area (Å²) in [5.74, 6) is 1.70. The summed E-state index contributed by atoms with van der Waals surface area (Å²) in [6, 6.07) is 7.84. The van der Waals surface area contributed by atoms with Crippen molar-refractivity contribution < 1.29 is 14.3 Å². The molecule has 1 heterocycles. The third-order valence-electron chi connectivity index (χ3n) is 3.84. The van der Waals surface area contributed by atoms with Crippen molar-refractivity contribution >= 4 is 5.71 Å². The molecule has 26 heavy (non-hydrogen) atoms. The molecule has 0 saturated heterocycles. The number of aromatic nitrogens is 1. The van der Waals surface area contributed by atoms with E-state index in [1.165, 1.54) is 7.11 Å². The van der Waals surface area contributed by atoms with E-state index in [9.17, 15) is 0 Å². The van der Waals surface area contributed by atoms with Crippen LogP contribution in [0, 0.1) is 13.8 Å². The highest BCUT2D eigenvalue weighted by molar-refractivity contribution is 5.98. The third-order valence-corrected chi connectivity index (χ3v) is 3.84. The summed E-state index contributed by atoms with van der Waals surface area (Å²) in [5.41, 5.74) is 4.66. The normalized spacial score (nSPS) is 11.7. The fraction of sp³-hybridized carbons (Fsp3) is 0.333. The Morgan fingerprint density at radius 3 is 2.54 bits per heavy atom. The predicted molar refractivity (Wildman–Crippen MR) is 104 cm³/mol. The lowest BCUT2D eigenvalue weighted by molar-refractivity contribution is 0.213. The number of oxime groups is 1. The molecule has 1 aromatic heterocycles. The minimum absolute atomic E-state index is 0.383. The average molecular weight is 354 g/mol. The second kappa shape index (κ2) is 9.61. The zero-order chi connectivity index (χ0) is 18.9. The standard InChI is InChI=1S/C21H26N2O3/c1-6-7-10-25-20-11-15(2)21(16(3)12-20)26-14-19-13-18(8-9-22-19)17(4)23-24-5/h6-9,11-13H,10,14H2,1-5H3/b7-6+,23-17-. The lowest BCUT2D eigenvalue weighted by Gasteiger charge is -2.14. The van der Waals surface area contributed by atoms with Gasteiger partial charge in [0.25, 0.3) is 0 Å². The van der Waals surface area contributed by atoms with Crippen molar-refractivity contribution in [2.45, 2.75) is 34.3 Å². The van der Waals surface area contributed by atoms with Crippen LogP contribution < -0.4 is 9.47 Å². The van der Waals surface area contributed by atoms with Crippen LogP contribution in [-0.4, -0.2) is 24.4 Å². The molecule has 0 amide bonds. The van der Waals surface area contributed by atoms with Crippen molar-refractivity contribution in [2.24, 2.45) is 5.16 Å². The van der Waals surface area contributed by atoms with E-state index in [1.54, 1.807) is 6.20 Å². The molecule has 0 fully saturated rings. The number of pyridine rings is 1. The predicted octanol–water partition coefficient (Wildman–Crippen LogP) is 4.60. The smallest absolute Gasteiger partial charge is 0.130 e. The average Bonchev–Trinajstić information content (AvgIpc) is 2.62. The number of allylic oxidation sites excluding steroid dienone is 1. The first-order valence-corrected chi connectivity index (χ1v) is 8.56. The molecule has 0 saturated carbocycles. The largest absolute Gasteiger partial charge is 0.490 e. The van der Waals surface area contributed by atoms with Gasteiger partial charge in [0.15, 0.2) is 0 Å². The van der Waals surface area contributed by atoms with Crippen LogP contribution in [0.4, 0.5) is 0 Å². The SMILES string of the molecule is C/C=C/COc1cc(C)c(OCc2cc(/C(C)=N\OC)ccn2)c(C)c1. The topological polar surface area (TPSA) is 52.9 Å². The van der Waals surface area contributed by atoms with Crippen molar-refractivity contribution in [3.05, 3.63) is 65.0 Å². The van der Waals surface area contributed by atoms with Crippen molar-refractivity contribution in [2.75, 3.05) is 13.7 Å². The summed E-state index contributed by atoms with van der Waals surface area (Å²) >= 11 is 0. The molecule has 0 unspecified atom stereocenters. The molecule has 5 nitrogen and oxygen atoms in total. The first-order valence-electron chi connectivity index (χ1n) is 8.56. The molecule has 0 aliphatic rings. The first kappa shape index (κ1) is 19.5. The Balaban J connectivity index is 2.10. The molecule has 2 rings (SSSR count). The molecule has 0 spiro atoms. The molecular weight excluding hydrogens is 328 g/mol. The Kier molecular flexibility index (Phi) is 7.21. The number of benzene rings is 1. The maximum Gasteiger partial charge on any atom is 0.130 e. The molecular formula is C21H26N2O3. The van der Waals surface area contributed by atoms with Gasteiger partial charge in [-0.15, -0.1) is 0 Å². The maximum absolute atomic E-state index is 6.03. The van der Waals surface area contributed by atoms with E-state index in [1.807, 2.05) is 64.1 Å². The Morgan fingerprint density at radius 1 is 1.15 bits per heavy atom. The van der Waals surface area contributed by atoms with E-state index in [0.29, 0.717) is 13.2 Å². The van der Waals surface area contributed by atoms with Gasteiger partial charge in [-0.3, -0.25) is 4.98 Å². The van der Waals surface area contributed by atoms with Crippen molar-refractivity contribution in [1.29, 1.82) is 0 Å². The van der Waals surface area contributed by atoms with Gasteiger partial charge in [-0.1, -0.05) is 17.3 Å². The van der Waals surface area contributed by atoms with Crippen molar-refractivity contribution in [1.82, 2.24) is 4.98 Å². The van der Waals surface area contributed by atoms with Gasteiger partial charge in [0.1, 0.15) is 31.8 Å². The zero-order valence-corrected chi connectivity index (χ0v) is 16.1. The number of nitrogens with zero attached hydrogens (tertiary/aromatic N) is 2. The maximum atomic E-state index is 6.03. The summed E-state index contributed by atoms with van der Waals surface area (Å²) in [6.45, 7) is 8.85. The Labute approximate surface area is 155 Å². The van der Waals surface area contributed by atoms with Gasteiger partial charge in [-0.2, -0.15) is 0 Å². The summed E-state index contributed by atoms with van der Waals surface area (Å²) in [4.78, 5) is 9.20. The van der Waals surface area contributed by atoms with Crippen LogP contribution in [-0.2, 0) is 11.4 Å². The van der Waals surface area contributed by atoms with E-state index < -0.39 is 0 Å². The number of hydrogen-bond acceptors (Lipinski definition) is 5. The fourth-order valence-electron chi connectivity index (χ4n) is 2.58. The second-order valence-corrected chi connectivity index (χ2v) is 5.95. The van der Waals surface area contributed by atoms with Crippen LogP contribution in [0.2, 0.25) is 0 Å². The highest BCUT2D eigenvalue weighted by Gasteiger charge is 2.09. The van der Waals surface area contributed by atoms with Crippen LogP contribution in [0.5, 0.6) is 11.5 Å². The quantitative estimate of drug-likeness (QED) is 0.395. The van der Waals surface area contributed by atoms with E-state index in [-0.39, 0.29) is 0 Å². The highest BCUT2D eigenvalue weighted by Crippen LogP contribution is 2.29.